The SMILES string of the molecule is CC1=C(O)C(=O)O[C@H]1c1ccc(C#N)cn1. The number of carbonyl (C=O) groups is 1. The predicted molar refractivity (Wildman–Crippen MR) is 53.1 cm³/mol. The van der Waals surface area contributed by atoms with Crippen LogP contribution in [-0.2, 0) is 9.53 Å². The molecule has 0 spiro atoms. The number of hydrogen-bond acceptors (Lipinski definition) is 5. The van der Waals surface area contributed by atoms with Crippen LogP contribution in [0.3, 0.4) is 0 Å². The van der Waals surface area contributed by atoms with Gasteiger partial charge in [0.15, 0.2) is 6.10 Å². The Labute approximate surface area is 91.6 Å². The Kier molecular flexibility index (Phi) is 2.33. The van der Waals surface area contributed by atoms with Gasteiger partial charge in [-0.1, -0.05) is 0 Å². The summed E-state index contributed by atoms with van der Waals surface area (Å²) in [7, 11) is 0. The highest BCUT2D eigenvalue weighted by molar-refractivity contribution is 5.89. The number of aromatic nitrogens is 1. The summed E-state index contributed by atoms with van der Waals surface area (Å²) in [6, 6.07) is 5.12. The van der Waals surface area contributed by atoms with Crippen molar-refractivity contribution in [3.63, 3.8) is 0 Å². The van der Waals surface area contributed by atoms with Crippen LogP contribution < -0.4 is 0 Å². The molecular formula is C11H8N2O3. The van der Waals surface area contributed by atoms with Crippen molar-refractivity contribution in [1.82, 2.24) is 4.98 Å². The normalized spacial score (nSPS) is 19.5. The first-order valence-electron chi connectivity index (χ1n) is 4.60. The van der Waals surface area contributed by atoms with E-state index in [4.69, 9.17) is 10.00 Å². The van der Waals surface area contributed by atoms with Gasteiger partial charge < -0.3 is 9.84 Å². The molecule has 1 N–H and O–H groups in total. The molecule has 16 heavy (non-hydrogen) atoms. The van der Waals surface area contributed by atoms with E-state index < -0.39 is 12.1 Å². The average Bonchev–Trinajstić information content (AvgIpc) is 2.57. The second-order valence-corrected chi connectivity index (χ2v) is 3.40. The van der Waals surface area contributed by atoms with Gasteiger partial charge >= 0.3 is 5.97 Å². The Morgan fingerprint density at radius 1 is 1.56 bits per heavy atom. The maximum absolute atomic E-state index is 11.1. The minimum Gasteiger partial charge on any atom is -0.502 e. The molecule has 0 saturated heterocycles. The van der Waals surface area contributed by atoms with Crippen molar-refractivity contribution < 1.29 is 14.6 Å². The minimum atomic E-state index is -0.742. The van der Waals surface area contributed by atoms with E-state index in [1.807, 2.05) is 6.07 Å². The van der Waals surface area contributed by atoms with Gasteiger partial charge in [-0.25, -0.2) is 4.79 Å². The molecule has 0 bridgehead atoms. The summed E-state index contributed by atoms with van der Waals surface area (Å²) in [5.74, 6) is -1.11. The second-order valence-electron chi connectivity index (χ2n) is 3.40. The number of ether oxygens (including phenoxy) is 1. The van der Waals surface area contributed by atoms with Crippen LogP contribution in [0.25, 0.3) is 0 Å². The van der Waals surface area contributed by atoms with Crippen LogP contribution in [0.5, 0.6) is 0 Å². The number of nitriles is 1. The summed E-state index contributed by atoms with van der Waals surface area (Å²) in [6.07, 6.45) is 0.742. The Morgan fingerprint density at radius 3 is 2.75 bits per heavy atom. The number of esters is 1. The molecule has 1 aromatic rings. The zero-order chi connectivity index (χ0) is 11.7. The lowest BCUT2D eigenvalue weighted by atomic mass is 10.1. The summed E-state index contributed by atoms with van der Waals surface area (Å²) in [4.78, 5) is 15.1. The van der Waals surface area contributed by atoms with E-state index in [1.165, 1.54) is 6.20 Å². The van der Waals surface area contributed by atoms with Crippen molar-refractivity contribution in [3.8, 4) is 6.07 Å². The number of nitrogens with zero attached hydrogens (tertiary/aromatic N) is 2. The van der Waals surface area contributed by atoms with Crippen molar-refractivity contribution in [3.05, 3.63) is 40.9 Å². The van der Waals surface area contributed by atoms with Gasteiger partial charge in [0.2, 0.25) is 5.76 Å². The van der Waals surface area contributed by atoms with Gasteiger partial charge in [-0.05, 0) is 19.1 Å². The molecule has 0 amide bonds. The standard InChI is InChI=1S/C11H8N2O3/c1-6-9(14)11(15)16-10(6)8-3-2-7(4-12)5-13-8/h2-3,5,10,14H,1H3/t10-/m1/s1. The topological polar surface area (TPSA) is 83.2 Å². The second kappa shape index (κ2) is 3.66. The fourth-order valence-electron chi connectivity index (χ4n) is 1.45. The molecular weight excluding hydrogens is 208 g/mol. The van der Waals surface area contributed by atoms with Gasteiger partial charge in [-0.15, -0.1) is 0 Å². The Morgan fingerprint density at radius 2 is 2.31 bits per heavy atom. The average molecular weight is 216 g/mol. The number of cyclic esters (lactones) is 1. The van der Waals surface area contributed by atoms with E-state index in [2.05, 4.69) is 4.98 Å². The van der Waals surface area contributed by atoms with Crippen LogP contribution in [-0.4, -0.2) is 16.1 Å². The molecule has 5 nitrogen and oxygen atoms in total. The molecule has 0 fully saturated rings. The summed E-state index contributed by atoms with van der Waals surface area (Å²) < 4.78 is 4.94. The smallest absolute Gasteiger partial charge is 0.374 e. The molecule has 80 valence electrons. The molecule has 2 rings (SSSR count). The molecule has 0 unspecified atom stereocenters. The molecule has 5 heteroatoms. The van der Waals surface area contributed by atoms with Crippen LogP contribution in [0.2, 0.25) is 0 Å². The largest absolute Gasteiger partial charge is 0.502 e. The van der Waals surface area contributed by atoms with Crippen molar-refractivity contribution >= 4 is 5.97 Å². The first-order chi connectivity index (χ1) is 7.63. The summed E-state index contributed by atoms with van der Waals surface area (Å²) in [5.41, 5.74) is 1.36. The third-order valence-electron chi connectivity index (χ3n) is 2.37. The monoisotopic (exact) mass is 216 g/mol. The maximum atomic E-state index is 11.1. The lowest BCUT2D eigenvalue weighted by Gasteiger charge is -2.09. The quantitative estimate of drug-likeness (QED) is 0.717. The first-order valence-corrected chi connectivity index (χ1v) is 4.60. The van der Waals surface area contributed by atoms with Crippen LogP contribution in [0.15, 0.2) is 29.7 Å². The fraction of sp³-hybridized carbons (Fsp3) is 0.182. The Balaban J connectivity index is 2.34. The number of aliphatic hydroxyl groups is 1. The number of carbonyl (C=O) groups excluding carboxylic acids is 1. The van der Waals surface area contributed by atoms with Gasteiger partial charge in [-0.3, -0.25) is 4.98 Å². The molecule has 1 aliphatic rings. The molecule has 0 saturated carbocycles. The van der Waals surface area contributed by atoms with Crippen molar-refractivity contribution in [1.29, 1.82) is 5.26 Å². The van der Waals surface area contributed by atoms with Gasteiger partial charge in [-0.2, -0.15) is 5.26 Å². The zero-order valence-corrected chi connectivity index (χ0v) is 8.47. The minimum absolute atomic E-state index is 0.365. The molecule has 0 aliphatic carbocycles. The third kappa shape index (κ3) is 1.50. The van der Waals surface area contributed by atoms with Crippen molar-refractivity contribution in [2.45, 2.75) is 13.0 Å². The Bertz CT molecular complexity index is 511. The predicted octanol–water partition coefficient (Wildman–Crippen LogP) is 1.38. The number of rotatable bonds is 1. The van der Waals surface area contributed by atoms with E-state index in [9.17, 15) is 9.90 Å². The molecule has 0 radical (unpaired) electrons. The molecule has 0 aromatic carbocycles. The molecule has 1 aromatic heterocycles. The summed E-state index contributed by atoms with van der Waals surface area (Å²) in [5, 5.41) is 17.9. The van der Waals surface area contributed by atoms with E-state index in [0.717, 1.165) is 0 Å². The highest BCUT2D eigenvalue weighted by Gasteiger charge is 2.33. The first kappa shape index (κ1) is 10.2. The van der Waals surface area contributed by atoms with Gasteiger partial charge in [0.25, 0.3) is 0 Å². The highest BCUT2D eigenvalue weighted by Crippen LogP contribution is 2.32. The summed E-state index contributed by atoms with van der Waals surface area (Å²) in [6.45, 7) is 1.60. The van der Waals surface area contributed by atoms with Crippen LogP contribution >= 0.6 is 0 Å². The van der Waals surface area contributed by atoms with Gasteiger partial charge in [0.1, 0.15) is 6.07 Å². The van der Waals surface area contributed by atoms with Crippen LogP contribution in [0.1, 0.15) is 24.3 Å². The van der Waals surface area contributed by atoms with E-state index >= 15 is 0 Å². The van der Waals surface area contributed by atoms with E-state index in [0.29, 0.717) is 16.8 Å². The molecule has 1 aliphatic heterocycles. The maximum Gasteiger partial charge on any atom is 0.374 e. The third-order valence-corrected chi connectivity index (χ3v) is 2.37. The fourth-order valence-corrected chi connectivity index (χ4v) is 1.45. The van der Waals surface area contributed by atoms with Crippen LogP contribution in [0.4, 0.5) is 0 Å². The van der Waals surface area contributed by atoms with Crippen LogP contribution in [0, 0.1) is 11.3 Å². The van der Waals surface area contributed by atoms with E-state index in [-0.39, 0.29) is 5.76 Å². The van der Waals surface area contributed by atoms with Crippen molar-refractivity contribution in [2.24, 2.45) is 0 Å². The molecule has 1 atom stereocenters. The van der Waals surface area contributed by atoms with Crippen molar-refractivity contribution in [2.75, 3.05) is 0 Å². The Hall–Kier alpha value is -2.35. The zero-order valence-electron chi connectivity index (χ0n) is 8.47. The number of hydrogen-bond donors (Lipinski definition) is 1. The number of aliphatic hydroxyl groups excluding tert-OH is 1. The molecule has 2 heterocycles. The summed E-state index contributed by atoms with van der Waals surface area (Å²) >= 11 is 0. The highest BCUT2D eigenvalue weighted by atomic mass is 16.6. The van der Waals surface area contributed by atoms with Gasteiger partial charge in [0, 0.05) is 11.8 Å². The lowest BCUT2D eigenvalue weighted by molar-refractivity contribution is -0.142. The van der Waals surface area contributed by atoms with Gasteiger partial charge in [0.05, 0.1) is 11.3 Å². The number of pyridine rings is 1. The van der Waals surface area contributed by atoms with E-state index in [1.54, 1.807) is 19.1 Å². The lowest BCUT2D eigenvalue weighted by Crippen LogP contribution is -2.04.